The average Bonchev–Trinajstić information content (AvgIpc) is 2.16. The van der Waals surface area contributed by atoms with Crippen LogP contribution in [0.25, 0.3) is 0 Å². The van der Waals surface area contributed by atoms with Crippen molar-refractivity contribution in [2.45, 2.75) is 4.90 Å². The van der Waals surface area contributed by atoms with E-state index in [4.69, 9.17) is 9.66 Å². The molecule has 0 aliphatic carbocycles. The maximum atomic E-state index is 10.7. The summed E-state index contributed by atoms with van der Waals surface area (Å²) in [7, 11) is -4.47. The molecule has 8 heteroatoms. The lowest BCUT2D eigenvalue weighted by Gasteiger charge is -2.05. The number of rotatable bonds is 4. The van der Waals surface area contributed by atoms with E-state index in [-0.39, 0.29) is 12.1 Å². The molecule has 0 saturated heterocycles. The van der Waals surface area contributed by atoms with Gasteiger partial charge >= 0.3 is 5.97 Å². The summed E-state index contributed by atoms with van der Waals surface area (Å²) in [5, 5.41) is 10.8. The number of carbonyl (C=O) groups excluding carboxylic acids is 1. The third kappa shape index (κ3) is 2.55. The molecular formula is C8H7NO6S. The monoisotopic (exact) mass is 245 g/mol. The van der Waals surface area contributed by atoms with Crippen molar-refractivity contribution in [2.24, 2.45) is 0 Å². The van der Waals surface area contributed by atoms with E-state index in [1.807, 2.05) is 0 Å². The van der Waals surface area contributed by atoms with Gasteiger partial charge in [-0.05, 0) is 18.2 Å². The molecule has 0 saturated carbocycles. The van der Waals surface area contributed by atoms with Gasteiger partial charge in [0.05, 0.1) is 16.1 Å². The normalized spacial score (nSPS) is 10.8. The van der Waals surface area contributed by atoms with E-state index in [2.05, 4.69) is 5.32 Å². The van der Waals surface area contributed by atoms with Crippen LogP contribution in [-0.4, -0.2) is 30.5 Å². The molecular weight excluding hydrogens is 238 g/mol. The molecule has 0 aliphatic heterocycles. The predicted molar refractivity (Wildman–Crippen MR) is 52.9 cm³/mol. The van der Waals surface area contributed by atoms with Crippen LogP contribution in [0.15, 0.2) is 23.1 Å². The summed E-state index contributed by atoms with van der Waals surface area (Å²) >= 11 is 0. The Balaban J connectivity index is 3.39. The average molecular weight is 245 g/mol. The maximum absolute atomic E-state index is 10.7. The Morgan fingerprint density at radius 3 is 2.44 bits per heavy atom. The fourth-order valence-electron chi connectivity index (χ4n) is 1.05. The molecule has 1 aromatic rings. The molecule has 1 rings (SSSR count). The van der Waals surface area contributed by atoms with Crippen LogP contribution >= 0.6 is 0 Å². The summed E-state index contributed by atoms with van der Waals surface area (Å²) in [4.78, 5) is 20.3. The summed E-state index contributed by atoms with van der Waals surface area (Å²) in [6.07, 6.45) is 0.259. The van der Waals surface area contributed by atoms with Crippen LogP contribution in [0, 0.1) is 0 Å². The van der Waals surface area contributed by atoms with Gasteiger partial charge in [0, 0.05) is 0 Å². The lowest BCUT2D eigenvalue weighted by molar-refractivity contribution is -0.105. The lowest BCUT2D eigenvalue weighted by atomic mass is 10.2. The molecule has 0 bridgehead atoms. The molecule has 0 fully saturated rings. The number of carboxylic acid groups (broad SMARTS) is 1. The molecule has 0 atom stereocenters. The first-order valence-electron chi connectivity index (χ1n) is 3.91. The van der Waals surface area contributed by atoms with E-state index in [0.29, 0.717) is 0 Å². The first kappa shape index (κ1) is 12.1. The second-order valence-electron chi connectivity index (χ2n) is 2.75. The minimum atomic E-state index is -4.47. The maximum Gasteiger partial charge on any atom is 0.337 e. The van der Waals surface area contributed by atoms with Crippen molar-refractivity contribution in [3.05, 3.63) is 23.8 Å². The van der Waals surface area contributed by atoms with Crippen LogP contribution in [0.1, 0.15) is 10.4 Å². The number of hydrogen-bond donors (Lipinski definition) is 3. The molecule has 0 spiro atoms. The molecule has 7 nitrogen and oxygen atoms in total. The van der Waals surface area contributed by atoms with Crippen molar-refractivity contribution in [3.63, 3.8) is 0 Å². The number of anilines is 1. The van der Waals surface area contributed by atoms with Gasteiger partial charge in [0.15, 0.2) is 0 Å². The van der Waals surface area contributed by atoms with E-state index >= 15 is 0 Å². The van der Waals surface area contributed by atoms with Crippen molar-refractivity contribution >= 4 is 28.2 Å². The molecule has 0 heterocycles. The third-order valence-corrected chi connectivity index (χ3v) is 2.58. The van der Waals surface area contributed by atoms with Gasteiger partial charge in [-0.3, -0.25) is 9.35 Å². The summed E-state index contributed by atoms with van der Waals surface area (Å²) < 4.78 is 30.2. The predicted octanol–water partition coefficient (Wildman–Crippen LogP) is 0.200. The van der Waals surface area contributed by atoms with E-state index in [1.165, 1.54) is 0 Å². The number of aromatic carboxylic acids is 1. The highest BCUT2D eigenvalue weighted by atomic mass is 32.2. The number of amides is 1. The summed E-state index contributed by atoms with van der Waals surface area (Å²) in [6, 6.07) is 2.80. The standard InChI is InChI=1S/C8H7NO6S/c10-4-9-7-2-1-5(16(13,14)15)3-6(7)8(11)12/h1-4H,(H,9,10)(H,11,12)(H,13,14,15). The molecule has 0 unspecified atom stereocenters. The number of nitrogens with one attached hydrogen (secondary N) is 1. The van der Waals surface area contributed by atoms with Gasteiger partial charge in [-0.1, -0.05) is 0 Å². The van der Waals surface area contributed by atoms with E-state index in [0.717, 1.165) is 18.2 Å². The van der Waals surface area contributed by atoms with Crippen LogP contribution in [0.2, 0.25) is 0 Å². The van der Waals surface area contributed by atoms with Gasteiger partial charge in [-0.2, -0.15) is 8.42 Å². The molecule has 0 aromatic heterocycles. The highest BCUT2D eigenvalue weighted by molar-refractivity contribution is 7.85. The Bertz CT molecular complexity index is 535. The van der Waals surface area contributed by atoms with Crippen molar-refractivity contribution in [2.75, 3.05) is 5.32 Å². The van der Waals surface area contributed by atoms with Crippen molar-refractivity contribution in [3.8, 4) is 0 Å². The summed E-state index contributed by atoms with van der Waals surface area (Å²) in [5.41, 5.74) is -0.489. The van der Waals surface area contributed by atoms with Gasteiger partial charge in [0.1, 0.15) is 0 Å². The highest BCUT2D eigenvalue weighted by Gasteiger charge is 2.16. The quantitative estimate of drug-likeness (QED) is 0.514. The molecule has 0 aliphatic rings. The molecule has 86 valence electrons. The summed E-state index contributed by atoms with van der Waals surface area (Å²) in [5.74, 6) is -1.42. The minimum absolute atomic E-state index is 0.0603. The molecule has 1 aromatic carbocycles. The largest absolute Gasteiger partial charge is 0.478 e. The zero-order valence-corrected chi connectivity index (χ0v) is 8.56. The van der Waals surface area contributed by atoms with Crippen LogP contribution < -0.4 is 5.32 Å². The number of carboxylic acids is 1. The third-order valence-electron chi connectivity index (χ3n) is 1.73. The Hall–Kier alpha value is -1.93. The fraction of sp³-hybridized carbons (Fsp3) is 0. The SMILES string of the molecule is O=CNc1ccc(S(=O)(=O)O)cc1C(=O)O. The lowest BCUT2D eigenvalue weighted by Crippen LogP contribution is -2.07. The number of hydrogen-bond acceptors (Lipinski definition) is 4. The Kier molecular flexibility index (Phi) is 3.25. The van der Waals surface area contributed by atoms with Crippen LogP contribution in [0.4, 0.5) is 5.69 Å². The second kappa shape index (κ2) is 4.29. The summed E-state index contributed by atoms with van der Waals surface area (Å²) in [6.45, 7) is 0. The van der Waals surface area contributed by atoms with Crippen molar-refractivity contribution in [1.82, 2.24) is 0 Å². The smallest absolute Gasteiger partial charge is 0.337 e. The van der Waals surface area contributed by atoms with Gasteiger partial charge < -0.3 is 10.4 Å². The van der Waals surface area contributed by atoms with Gasteiger partial charge in [-0.15, -0.1) is 0 Å². The van der Waals surface area contributed by atoms with Crippen LogP contribution in [0.3, 0.4) is 0 Å². The molecule has 0 radical (unpaired) electrons. The van der Waals surface area contributed by atoms with Crippen LogP contribution in [-0.2, 0) is 14.9 Å². The Morgan fingerprint density at radius 1 is 1.38 bits per heavy atom. The topological polar surface area (TPSA) is 121 Å². The number of benzene rings is 1. The minimum Gasteiger partial charge on any atom is -0.478 e. The van der Waals surface area contributed by atoms with Gasteiger partial charge in [0.25, 0.3) is 10.1 Å². The number of carbonyl (C=O) groups is 2. The van der Waals surface area contributed by atoms with Crippen molar-refractivity contribution < 1.29 is 27.7 Å². The van der Waals surface area contributed by atoms with Crippen molar-refractivity contribution in [1.29, 1.82) is 0 Å². The Labute approximate surface area is 90.5 Å². The van der Waals surface area contributed by atoms with Crippen LogP contribution in [0.5, 0.6) is 0 Å². The molecule has 1 amide bonds. The van der Waals surface area contributed by atoms with Gasteiger partial charge in [0.2, 0.25) is 6.41 Å². The zero-order valence-electron chi connectivity index (χ0n) is 7.75. The molecule has 16 heavy (non-hydrogen) atoms. The Morgan fingerprint density at radius 2 is 2.00 bits per heavy atom. The fourth-order valence-corrected chi connectivity index (χ4v) is 1.56. The second-order valence-corrected chi connectivity index (χ2v) is 4.17. The van der Waals surface area contributed by atoms with E-state index in [9.17, 15) is 18.0 Å². The zero-order chi connectivity index (χ0) is 12.3. The van der Waals surface area contributed by atoms with Gasteiger partial charge in [-0.25, -0.2) is 4.79 Å². The first-order chi connectivity index (χ1) is 7.36. The first-order valence-corrected chi connectivity index (χ1v) is 5.35. The molecule has 3 N–H and O–H groups in total. The van der Waals surface area contributed by atoms with E-state index < -0.39 is 26.5 Å². The highest BCUT2D eigenvalue weighted by Crippen LogP contribution is 2.19. The van der Waals surface area contributed by atoms with E-state index in [1.54, 1.807) is 0 Å².